The van der Waals surface area contributed by atoms with Crippen LogP contribution < -0.4 is 0 Å². The second-order valence-electron chi connectivity index (χ2n) is 3.73. The predicted octanol–water partition coefficient (Wildman–Crippen LogP) is 2.59. The Morgan fingerprint density at radius 2 is 2.25 bits per heavy atom. The highest BCUT2D eigenvalue weighted by Crippen LogP contribution is 2.30. The first kappa shape index (κ1) is 9.24. The molecule has 1 aliphatic carbocycles. The van der Waals surface area contributed by atoms with Crippen LogP contribution in [0.15, 0.2) is 24.3 Å². The monoisotopic (exact) mass is 164 g/mol. The van der Waals surface area contributed by atoms with Crippen LogP contribution in [0.3, 0.4) is 0 Å². The van der Waals surface area contributed by atoms with Crippen molar-refractivity contribution in [3.63, 3.8) is 0 Å². The van der Waals surface area contributed by atoms with E-state index in [0.29, 0.717) is 11.8 Å². The fourth-order valence-corrected chi connectivity index (χ4v) is 1.58. The summed E-state index contributed by atoms with van der Waals surface area (Å²) in [7, 11) is 0. The van der Waals surface area contributed by atoms with Crippen molar-refractivity contribution in [2.24, 2.45) is 17.8 Å². The van der Waals surface area contributed by atoms with Gasteiger partial charge in [-0.2, -0.15) is 0 Å². The maximum atomic E-state index is 10.7. The van der Waals surface area contributed by atoms with E-state index >= 15 is 0 Å². The molecule has 0 aromatic carbocycles. The van der Waals surface area contributed by atoms with Crippen molar-refractivity contribution >= 4 is 6.29 Å². The predicted molar refractivity (Wildman–Crippen MR) is 50.8 cm³/mol. The molecule has 0 bridgehead atoms. The molecule has 1 rings (SSSR count). The van der Waals surface area contributed by atoms with E-state index < -0.39 is 0 Å². The van der Waals surface area contributed by atoms with Crippen molar-refractivity contribution in [2.75, 3.05) is 0 Å². The maximum Gasteiger partial charge on any atom is 0.123 e. The number of allylic oxidation sites excluding steroid dienone is 3. The van der Waals surface area contributed by atoms with E-state index in [1.165, 1.54) is 0 Å². The molecule has 66 valence electrons. The quantitative estimate of drug-likeness (QED) is 0.453. The Hall–Kier alpha value is -0.850. The first-order valence-corrected chi connectivity index (χ1v) is 4.44. The van der Waals surface area contributed by atoms with Gasteiger partial charge in [0, 0.05) is 5.92 Å². The van der Waals surface area contributed by atoms with Crippen molar-refractivity contribution in [3.8, 4) is 0 Å². The van der Waals surface area contributed by atoms with Gasteiger partial charge in [0.2, 0.25) is 0 Å². The molecule has 0 aliphatic heterocycles. The van der Waals surface area contributed by atoms with Gasteiger partial charge in [0.05, 0.1) is 0 Å². The zero-order valence-electron chi connectivity index (χ0n) is 7.79. The molecule has 0 heterocycles. The van der Waals surface area contributed by atoms with Crippen LogP contribution >= 0.6 is 0 Å². The summed E-state index contributed by atoms with van der Waals surface area (Å²) in [6.07, 6.45) is 6.32. The van der Waals surface area contributed by atoms with Gasteiger partial charge in [0.1, 0.15) is 6.29 Å². The van der Waals surface area contributed by atoms with Crippen LogP contribution in [0.2, 0.25) is 0 Å². The van der Waals surface area contributed by atoms with E-state index in [-0.39, 0.29) is 5.92 Å². The summed E-state index contributed by atoms with van der Waals surface area (Å²) < 4.78 is 0. The number of rotatable bonds is 2. The van der Waals surface area contributed by atoms with Gasteiger partial charge in [-0.25, -0.2) is 0 Å². The van der Waals surface area contributed by atoms with Gasteiger partial charge < -0.3 is 4.79 Å². The van der Waals surface area contributed by atoms with E-state index in [1.807, 2.05) is 6.92 Å². The zero-order valence-corrected chi connectivity index (χ0v) is 7.79. The first-order chi connectivity index (χ1) is 5.65. The molecular formula is C11H16O. The Morgan fingerprint density at radius 1 is 1.58 bits per heavy atom. The normalized spacial score (nSPS) is 34.7. The lowest BCUT2D eigenvalue weighted by Gasteiger charge is -2.25. The minimum absolute atomic E-state index is 0.191. The SMILES string of the molecule is C=C(C)C1C=CC(C)C(C=O)C1. The molecular weight excluding hydrogens is 148 g/mol. The second kappa shape index (κ2) is 3.70. The summed E-state index contributed by atoms with van der Waals surface area (Å²) in [5.41, 5.74) is 1.16. The minimum atomic E-state index is 0.191. The smallest absolute Gasteiger partial charge is 0.123 e. The van der Waals surface area contributed by atoms with Crippen molar-refractivity contribution in [1.82, 2.24) is 0 Å². The molecule has 0 spiro atoms. The molecule has 1 heteroatoms. The Morgan fingerprint density at radius 3 is 2.75 bits per heavy atom. The first-order valence-electron chi connectivity index (χ1n) is 4.44. The minimum Gasteiger partial charge on any atom is -0.303 e. The topological polar surface area (TPSA) is 17.1 Å². The molecule has 12 heavy (non-hydrogen) atoms. The average molecular weight is 164 g/mol. The third-order valence-electron chi connectivity index (χ3n) is 2.66. The highest BCUT2D eigenvalue weighted by Gasteiger charge is 2.22. The summed E-state index contributed by atoms with van der Waals surface area (Å²) in [5, 5.41) is 0. The Bertz CT molecular complexity index is 215. The molecule has 0 aromatic rings. The Balaban J connectivity index is 2.70. The number of carbonyl (C=O) groups is 1. The van der Waals surface area contributed by atoms with Crippen molar-refractivity contribution in [3.05, 3.63) is 24.3 Å². The standard InChI is InChI=1S/C11H16O/c1-8(2)10-5-4-9(3)11(6-10)7-12/h4-5,7,9-11H,1,6H2,2-3H3. The molecule has 0 saturated carbocycles. The van der Waals surface area contributed by atoms with Gasteiger partial charge in [-0.05, 0) is 25.2 Å². The molecule has 0 amide bonds. The summed E-state index contributed by atoms with van der Waals surface area (Å²) >= 11 is 0. The fourth-order valence-electron chi connectivity index (χ4n) is 1.58. The molecule has 3 unspecified atom stereocenters. The largest absolute Gasteiger partial charge is 0.303 e. The Labute approximate surface area is 74.2 Å². The van der Waals surface area contributed by atoms with E-state index in [9.17, 15) is 4.79 Å². The summed E-state index contributed by atoms with van der Waals surface area (Å²) in [6, 6.07) is 0. The highest BCUT2D eigenvalue weighted by atomic mass is 16.1. The zero-order chi connectivity index (χ0) is 9.14. The van der Waals surface area contributed by atoms with Crippen LogP contribution in [0.5, 0.6) is 0 Å². The van der Waals surface area contributed by atoms with Gasteiger partial charge in [0.25, 0.3) is 0 Å². The van der Waals surface area contributed by atoms with Crippen LogP contribution in [0.4, 0.5) is 0 Å². The van der Waals surface area contributed by atoms with Crippen molar-refractivity contribution in [2.45, 2.75) is 20.3 Å². The lowest BCUT2D eigenvalue weighted by Crippen LogP contribution is -2.20. The molecule has 0 aromatic heterocycles. The third-order valence-corrected chi connectivity index (χ3v) is 2.66. The molecule has 0 radical (unpaired) electrons. The Kier molecular flexibility index (Phi) is 2.85. The van der Waals surface area contributed by atoms with Crippen LogP contribution in [-0.2, 0) is 4.79 Å². The lowest BCUT2D eigenvalue weighted by molar-refractivity contribution is -0.112. The third kappa shape index (κ3) is 1.84. The van der Waals surface area contributed by atoms with Crippen LogP contribution in [-0.4, -0.2) is 6.29 Å². The van der Waals surface area contributed by atoms with E-state index in [4.69, 9.17) is 0 Å². The molecule has 3 atom stereocenters. The average Bonchev–Trinajstić information content (AvgIpc) is 2.05. The molecule has 1 aliphatic rings. The number of aldehydes is 1. The van der Waals surface area contributed by atoms with Crippen LogP contribution in [0.1, 0.15) is 20.3 Å². The van der Waals surface area contributed by atoms with Gasteiger partial charge in [-0.15, -0.1) is 0 Å². The number of carbonyl (C=O) groups excluding carboxylic acids is 1. The van der Waals surface area contributed by atoms with E-state index in [1.54, 1.807) is 0 Å². The highest BCUT2D eigenvalue weighted by molar-refractivity contribution is 5.55. The van der Waals surface area contributed by atoms with Crippen molar-refractivity contribution < 1.29 is 4.79 Å². The second-order valence-corrected chi connectivity index (χ2v) is 3.73. The molecule has 1 nitrogen and oxygen atoms in total. The summed E-state index contributed by atoms with van der Waals surface area (Å²) in [5.74, 6) is 1.01. The lowest BCUT2D eigenvalue weighted by atomic mass is 9.78. The maximum absolute atomic E-state index is 10.7. The van der Waals surface area contributed by atoms with E-state index in [2.05, 4.69) is 25.7 Å². The van der Waals surface area contributed by atoms with Gasteiger partial charge >= 0.3 is 0 Å². The van der Waals surface area contributed by atoms with Gasteiger partial charge in [0.15, 0.2) is 0 Å². The summed E-state index contributed by atoms with van der Waals surface area (Å²) in [6.45, 7) is 8.01. The summed E-state index contributed by atoms with van der Waals surface area (Å²) in [4.78, 5) is 10.7. The number of hydrogen-bond acceptors (Lipinski definition) is 1. The number of hydrogen-bond donors (Lipinski definition) is 0. The van der Waals surface area contributed by atoms with Crippen molar-refractivity contribution in [1.29, 1.82) is 0 Å². The molecule has 0 saturated heterocycles. The molecule has 0 N–H and O–H groups in total. The molecule has 0 fully saturated rings. The van der Waals surface area contributed by atoms with Gasteiger partial charge in [-0.3, -0.25) is 0 Å². The van der Waals surface area contributed by atoms with Gasteiger partial charge in [-0.1, -0.05) is 31.2 Å². The van der Waals surface area contributed by atoms with Crippen LogP contribution in [0.25, 0.3) is 0 Å². The van der Waals surface area contributed by atoms with Crippen LogP contribution in [0, 0.1) is 17.8 Å². The fraction of sp³-hybridized carbons (Fsp3) is 0.545. The van der Waals surface area contributed by atoms with E-state index in [0.717, 1.165) is 18.3 Å².